The average Bonchev–Trinajstić information content (AvgIpc) is 1.82. The van der Waals surface area contributed by atoms with E-state index in [4.69, 9.17) is 5.73 Å². The second-order valence-corrected chi connectivity index (χ2v) is 4.41. The molecule has 0 aromatic heterocycles. The van der Waals surface area contributed by atoms with Crippen LogP contribution in [0.1, 0.15) is 0 Å². The standard InChI is InChI=1S/C6H4Br3N.ClH/c7-3-1-4(8)6(10)5(9)2-3;/h1-2H,10H2;1H/i1+1,2+1,3+1,4+1,5+1,6+1;. The van der Waals surface area contributed by atoms with Gasteiger partial charge in [0.25, 0.3) is 0 Å². The predicted molar refractivity (Wildman–Crippen MR) is 61.2 cm³/mol. The lowest BCUT2D eigenvalue weighted by Crippen LogP contribution is -1.87. The van der Waals surface area contributed by atoms with E-state index in [1.165, 1.54) is 0 Å². The van der Waals surface area contributed by atoms with Crippen LogP contribution in [0, 0.1) is 0 Å². The van der Waals surface area contributed by atoms with Crippen LogP contribution in [-0.4, -0.2) is 0 Å². The molecule has 1 aromatic carbocycles. The zero-order valence-electron chi connectivity index (χ0n) is 5.27. The Morgan fingerprint density at radius 2 is 1.36 bits per heavy atom. The minimum absolute atomic E-state index is 0. The van der Waals surface area contributed by atoms with Crippen LogP contribution in [0.4, 0.5) is 5.69 Å². The average molecular weight is 372 g/mol. The molecular formula is C6H5Br3ClN. The Morgan fingerprint density at radius 1 is 1.00 bits per heavy atom. The van der Waals surface area contributed by atoms with Gasteiger partial charge < -0.3 is 5.73 Å². The van der Waals surface area contributed by atoms with E-state index in [0.717, 1.165) is 19.1 Å². The maximum Gasteiger partial charge on any atom is 0.0603 e. The van der Waals surface area contributed by atoms with Gasteiger partial charge in [-0.25, -0.2) is 0 Å². The van der Waals surface area contributed by atoms with E-state index < -0.39 is 0 Å². The molecule has 1 nitrogen and oxygen atoms in total. The van der Waals surface area contributed by atoms with Gasteiger partial charge in [-0.1, -0.05) is 15.9 Å². The molecule has 2 N–H and O–H groups in total. The van der Waals surface area contributed by atoms with Crippen LogP contribution in [0.2, 0.25) is 0 Å². The molecule has 0 unspecified atom stereocenters. The monoisotopic (exact) mass is 369 g/mol. The summed E-state index contributed by atoms with van der Waals surface area (Å²) in [6, 6.07) is 3.81. The minimum Gasteiger partial charge on any atom is -0.397 e. The number of hydrogen-bond donors (Lipinski definition) is 1. The number of rotatable bonds is 0. The molecule has 62 valence electrons. The third-order valence-corrected chi connectivity index (χ3v) is 2.81. The van der Waals surface area contributed by atoms with Crippen molar-refractivity contribution in [3.05, 3.63) is 25.6 Å². The van der Waals surface area contributed by atoms with Crippen molar-refractivity contribution in [3.63, 3.8) is 0 Å². The van der Waals surface area contributed by atoms with Crippen molar-refractivity contribution in [3.8, 4) is 0 Å². The Labute approximate surface area is 96.5 Å². The highest BCUT2D eigenvalue weighted by Crippen LogP contribution is 2.31. The lowest BCUT2D eigenvalue weighted by molar-refractivity contribution is 1.55. The number of nitrogens with two attached hydrogens (primary N) is 1. The molecule has 0 saturated heterocycles. The fraction of sp³-hybridized carbons (Fsp3) is 0. The Hall–Kier alpha value is 0.750. The molecule has 1 aromatic rings. The first kappa shape index (κ1) is 11.8. The first-order valence-corrected chi connectivity index (χ1v) is 4.89. The van der Waals surface area contributed by atoms with Crippen LogP contribution in [0.15, 0.2) is 25.6 Å². The molecule has 11 heavy (non-hydrogen) atoms. The van der Waals surface area contributed by atoms with Gasteiger partial charge in [-0.15, -0.1) is 12.4 Å². The van der Waals surface area contributed by atoms with Gasteiger partial charge in [-0.05, 0) is 44.0 Å². The van der Waals surface area contributed by atoms with Crippen LogP contribution in [0.3, 0.4) is 0 Å². The van der Waals surface area contributed by atoms with E-state index in [-0.39, 0.29) is 12.4 Å². The molecule has 0 heterocycles. The van der Waals surface area contributed by atoms with Crippen molar-refractivity contribution in [2.45, 2.75) is 0 Å². The molecule has 0 radical (unpaired) electrons. The van der Waals surface area contributed by atoms with Crippen LogP contribution in [0.25, 0.3) is 0 Å². The number of hydrogen-bond acceptors (Lipinski definition) is 1. The molecule has 0 aliphatic carbocycles. The normalized spacial score (nSPS) is 9.00. The zero-order chi connectivity index (χ0) is 7.72. The first-order chi connectivity index (χ1) is 4.61. The molecule has 0 fully saturated rings. The molecule has 0 aliphatic rings. The topological polar surface area (TPSA) is 26.0 Å². The van der Waals surface area contributed by atoms with Crippen LogP contribution >= 0.6 is 60.2 Å². The van der Waals surface area contributed by atoms with Crippen molar-refractivity contribution < 1.29 is 0 Å². The Kier molecular flexibility index (Phi) is 5.02. The van der Waals surface area contributed by atoms with Gasteiger partial charge in [0.1, 0.15) is 0 Å². The van der Waals surface area contributed by atoms with Crippen molar-refractivity contribution in [2.75, 3.05) is 5.73 Å². The summed E-state index contributed by atoms with van der Waals surface area (Å²) < 4.78 is 2.79. The fourth-order valence-corrected chi connectivity index (χ4v) is 2.81. The fourth-order valence-electron chi connectivity index (χ4n) is 0.553. The van der Waals surface area contributed by atoms with E-state index in [9.17, 15) is 0 Å². The zero-order valence-corrected chi connectivity index (χ0v) is 10.8. The lowest BCUT2D eigenvalue weighted by atomic mass is 11.3. The summed E-state index contributed by atoms with van der Waals surface area (Å²) in [5, 5.41) is 0. The van der Waals surface area contributed by atoms with Crippen LogP contribution < -0.4 is 5.73 Å². The number of benzene rings is 1. The van der Waals surface area contributed by atoms with Gasteiger partial charge in [0.05, 0.1) is 5.69 Å². The summed E-state index contributed by atoms with van der Waals surface area (Å²) in [7, 11) is 0. The Bertz CT molecular complexity index is 241. The van der Waals surface area contributed by atoms with Gasteiger partial charge in [0.15, 0.2) is 0 Å². The highest BCUT2D eigenvalue weighted by Gasteiger charge is 2.00. The van der Waals surface area contributed by atoms with Crippen LogP contribution in [-0.2, 0) is 0 Å². The third-order valence-electron chi connectivity index (χ3n) is 1.04. The van der Waals surface area contributed by atoms with Crippen molar-refractivity contribution >= 4 is 65.9 Å². The second kappa shape index (κ2) is 4.70. The van der Waals surface area contributed by atoms with Crippen molar-refractivity contribution in [1.82, 2.24) is 0 Å². The quantitative estimate of drug-likeness (QED) is 0.685. The summed E-state index contributed by atoms with van der Waals surface area (Å²) in [6.07, 6.45) is 0. The number of nitrogen functional groups attached to an aromatic ring is 1. The summed E-state index contributed by atoms with van der Waals surface area (Å²) in [4.78, 5) is 0. The Balaban J connectivity index is 0.000001000. The lowest BCUT2D eigenvalue weighted by Gasteiger charge is -2.00. The first-order valence-electron chi connectivity index (χ1n) is 2.51. The molecule has 0 bridgehead atoms. The van der Waals surface area contributed by atoms with Crippen molar-refractivity contribution in [2.24, 2.45) is 0 Å². The minimum atomic E-state index is 0. The summed E-state index contributed by atoms with van der Waals surface area (Å²) in [5.74, 6) is 0. The molecule has 0 aliphatic heterocycles. The van der Waals surface area contributed by atoms with Crippen LogP contribution in [0.5, 0.6) is 0 Å². The SMILES string of the molecule is Cl.N[13c]1[13c](Br)[13cH][13c](Br)[13cH][13c]1Br. The number of halogens is 4. The predicted octanol–water partition coefficient (Wildman–Crippen LogP) is 3.98. The number of anilines is 1. The van der Waals surface area contributed by atoms with Gasteiger partial charge in [-0.2, -0.15) is 0 Å². The summed E-state index contributed by atoms with van der Waals surface area (Å²) in [6.45, 7) is 0. The molecule has 1 rings (SSSR count). The van der Waals surface area contributed by atoms with E-state index in [1.54, 1.807) is 0 Å². The molecule has 0 amide bonds. The molecular weight excluding hydrogens is 367 g/mol. The summed E-state index contributed by atoms with van der Waals surface area (Å²) >= 11 is 9.96. The van der Waals surface area contributed by atoms with Crippen molar-refractivity contribution in [1.29, 1.82) is 0 Å². The largest absolute Gasteiger partial charge is 0.397 e. The van der Waals surface area contributed by atoms with Gasteiger partial charge >= 0.3 is 0 Å². The maximum absolute atomic E-state index is 5.64. The Morgan fingerprint density at radius 3 is 1.73 bits per heavy atom. The third kappa shape index (κ3) is 2.93. The molecule has 0 spiro atoms. The second-order valence-electron chi connectivity index (χ2n) is 1.78. The van der Waals surface area contributed by atoms with E-state index >= 15 is 0 Å². The van der Waals surface area contributed by atoms with Gasteiger partial charge in [0.2, 0.25) is 0 Å². The molecule has 0 atom stereocenters. The van der Waals surface area contributed by atoms with Gasteiger partial charge in [0, 0.05) is 13.4 Å². The molecule has 0 saturated carbocycles. The van der Waals surface area contributed by atoms with E-state index in [2.05, 4.69) is 47.8 Å². The van der Waals surface area contributed by atoms with E-state index in [1.807, 2.05) is 12.1 Å². The highest BCUT2D eigenvalue weighted by atomic mass is 79.9. The highest BCUT2D eigenvalue weighted by molar-refractivity contribution is 9.11. The maximum atomic E-state index is 5.64. The van der Waals surface area contributed by atoms with Gasteiger partial charge in [-0.3, -0.25) is 0 Å². The smallest absolute Gasteiger partial charge is 0.0603 e. The molecule has 5 heteroatoms. The summed E-state index contributed by atoms with van der Waals surface area (Å²) in [5.41, 5.74) is 6.36. The van der Waals surface area contributed by atoms with E-state index in [0.29, 0.717) is 0 Å².